The van der Waals surface area contributed by atoms with Crippen LogP contribution in [-0.2, 0) is 13.6 Å². The highest BCUT2D eigenvalue weighted by Crippen LogP contribution is 2.33. The lowest BCUT2D eigenvalue weighted by molar-refractivity contribution is 0.354. The maximum atomic E-state index is 5.33. The largest absolute Gasteiger partial charge is 0.493 e. The second-order valence-electron chi connectivity index (χ2n) is 4.70. The molecule has 1 unspecified atom stereocenters. The number of hydrogen-bond donors (Lipinski definition) is 1. The average Bonchev–Trinajstić information content (AvgIpc) is 2.91. The summed E-state index contributed by atoms with van der Waals surface area (Å²) in [5.41, 5.74) is 1.08. The highest BCUT2D eigenvalue weighted by atomic mass is 79.9. The van der Waals surface area contributed by atoms with Gasteiger partial charge in [-0.25, -0.2) is 0 Å². The first kappa shape index (κ1) is 15.8. The van der Waals surface area contributed by atoms with E-state index in [1.54, 1.807) is 20.5 Å². The lowest BCUT2D eigenvalue weighted by Crippen LogP contribution is -2.21. The number of aromatic nitrogens is 3. The number of methoxy groups -OCH3 is 2. The molecule has 0 radical (unpaired) electrons. The fourth-order valence-corrected chi connectivity index (χ4v) is 2.53. The monoisotopic (exact) mass is 354 g/mol. The number of halogens is 1. The molecule has 1 aromatic heterocycles. The number of nitrogens with one attached hydrogen (secondary N) is 1. The van der Waals surface area contributed by atoms with E-state index in [-0.39, 0.29) is 6.04 Å². The first-order valence-electron chi connectivity index (χ1n) is 6.54. The Morgan fingerprint density at radius 3 is 2.52 bits per heavy atom. The summed E-state index contributed by atoms with van der Waals surface area (Å²) in [6, 6.07) is 3.96. The number of aryl methyl sites for hydroxylation is 1. The maximum Gasteiger partial charge on any atom is 0.161 e. The van der Waals surface area contributed by atoms with Gasteiger partial charge in [-0.3, -0.25) is 0 Å². The van der Waals surface area contributed by atoms with Crippen LogP contribution in [0.2, 0.25) is 0 Å². The molecule has 21 heavy (non-hydrogen) atoms. The molecule has 0 aliphatic heterocycles. The maximum absolute atomic E-state index is 5.33. The van der Waals surface area contributed by atoms with E-state index in [1.165, 1.54) is 0 Å². The minimum atomic E-state index is 0.0949. The summed E-state index contributed by atoms with van der Waals surface area (Å²) in [6.45, 7) is 2.73. The Morgan fingerprint density at radius 1 is 1.29 bits per heavy atom. The molecule has 2 rings (SSSR count). The van der Waals surface area contributed by atoms with Gasteiger partial charge >= 0.3 is 0 Å². The first-order valence-corrected chi connectivity index (χ1v) is 7.33. The summed E-state index contributed by atoms with van der Waals surface area (Å²) < 4.78 is 13.5. The van der Waals surface area contributed by atoms with Crippen molar-refractivity contribution in [2.75, 3.05) is 14.2 Å². The SMILES string of the molecule is COc1cc(Br)c(CNC(C)c2nncn2C)cc1OC. The molecule has 0 bridgehead atoms. The van der Waals surface area contributed by atoms with Crippen molar-refractivity contribution in [1.82, 2.24) is 20.1 Å². The predicted molar refractivity (Wildman–Crippen MR) is 83.5 cm³/mol. The van der Waals surface area contributed by atoms with Gasteiger partial charge in [0.05, 0.1) is 20.3 Å². The Morgan fingerprint density at radius 2 is 1.95 bits per heavy atom. The smallest absolute Gasteiger partial charge is 0.161 e. The number of benzene rings is 1. The highest BCUT2D eigenvalue weighted by molar-refractivity contribution is 9.10. The van der Waals surface area contributed by atoms with E-state index in [2.05, 4.69) is 38.4 Å². The number of ether oxygens (including phenoxy) is 2. The van der Waals surface area contributed by atoms with Gasteiger partial charge in [0.1, 0.15) is 12.2 Å². The molecule has 6 nitrogen and oxygen atoms in total. The Hall–Kier alpha value is -1.60. The third-order valence-corrected chi connectivity index (χ3v) is 4.02. The second kappa shape index (κ2) is 6.91. The molecule has 0 aliphatic rings. The standard InChI is InChI=1S/C14H19BrN4O2/c1-9(14-18-17-8-19(14)2)16-7-10-5-12(20-3)13(21-4)6-11(10)15/h5-6,8-9,16H,7H2,1-4H3. The van der Waals surface area contributed by atoms with Gasteiger partial charge in [0.15, 0.2) is 11.5 Å². The Labute approximate surface area is 132 Å². The van der Waals surface area contributed by atoms with Gasteiger partial charge in [-0.15, -0.1) is 10.2 Å². The van der Waals surface area contributed by atoms with Crippen molar-refractivity contribution >= 4 is 15.9 Å². The zero-order valence-electron chi connectivity index (χ0n) is 12.6. The highest BCUT2D eigenvalue weighted by Gasteiger charge is 2.13. The van der Waals surface area contributed by atoms with Gasteiger partial charge in [0.25, 0.3) is 0 Å². The van der Waals surface area contributed by atoms with Crippen LogP contribution in [0, 0.1) is 0 Å². The van der Waals surface area contributed by atoms with Gasteiger partial charge in [0, 0.05) is 18.1 Å². The third-order valence-electron chi connectivity index (χ3n) is 3.28. The normalized spacial score (nSPS) is 12.2. The topological polar surface area (TPSA) is 61.2 Å². The van der Waals surface area contributed by atoms with E-state index in [9.17, 15) is 0 Å². The molecule has 0 saturated carbocycles. The Balaban J connectivity index is 2.11. The van der Waals surface area contributed by atoms with Crippen molar-refractivity contribution in [3.8, 4) is 11.5 Å². The van der Waals surface area contributed by atoms with Crippen LogP contribution in [0.5, 0.6) is 11.5 Å². The van der Waals surface area contributed by atoms with Crippen molar-refractivity contribution < 1.29 is 9.47 Å². The van der Waals surface area contributed by atoms with E-state index in [4.69, 9.17) is 9.47 Å². The minimum Gasteiger partial charge on any atom is -0.493 e. The van der Waals surface area contributed by atoms with Crippen LogP contribution in [0.3, 0.4) is 0 Å². The van der Waals surface area contributed by atoms with Crippen LogP contribution in [0.1, 0.15) is 24.4 Å². The van der Waals surface area contributed by atoms with Crippen molar-refractivity contribution in [3.05, 3.63) is 34.3 Å². The summed E-state index contributed by atoms with van der Waals surface area (Å²) in [5.74, 6) is 2.31. The average molecular weight is 355 g/mol. The molecule has 1 aromatic carbocycles. The van der Waals surface area contributed by atoms with Gasteiger partial charge in [-0.1, -0.05) is 15.9 Å². The number of nitrogens with zero attached hydrogens (tertiary/aromatic N) is 3. The molecule has 0 spiro atoms. The summed E-state index contributed by atoms with van der Waals surface area (Å²) in [6.07, 6.45) is 1.69. The fraction of sp³-hybridized carbons (Fsp3) is 0.429. The predicted octanol–water partition coefficient (Wildman–Crippen LogP) is 2.45. The zero-order chi connectivity index (χ0) is 15.4. The lowest BCUT2D eigenvalue weighted by atomic mass is 10.2. The minimum absolute atomic E-state index is 0.0949. The summed E-state index contributed by atoms with van der Waals surface area (Å²) in [7, 11) is 5.18. The molecule has 0 fully saturated rings. The molecular weight excluding hydrogens is 336 g/mol. The van der Waals surface area contributed by atoms with Crippen LogP contribution < -0.4 is 14.8 Å². The van der Waals surface area contributed by atoms with Crippen LogP contribution in [0.15, 0.2) is 22.9 Å². The lowest BCUT2D eigenvalue weighted by Gasteiger charge is -2.15. The molecule has 1 heterocycles. The number of hydrogen-bond acceptors (Lipinski definition) is 5. The van der Waals surface area contributed by atoms with E-state index < -0.39 is 0 Å². The number of rotatable bonds is 6. The van der Waals surface area contributed by atoms with Crippen LogP contribution in [0.25, 0.3) is 0 Å². The Kier molecular flexibility index (Phi) is 5.19. The molecule has 7 heteroatoms. The van der Waals surface area contributed by atoms with E-state index in [0.717, 1.165) is 15.9 Å². The van der Waals surface area contributed by atoms with E-state index in [0.29, 0.717) is 18.0 Å². The van der Waals surface area contributed by atoms with Crippen molar-refractivity contribution in [1.29, 1.82) is 0 Å². The van der Waals surface area contributed by atoms with Crippen LogP contribution >= 0.6 is 15.9 Å². The van der Waals surface area contributed by atoms with E-state index in [1.807, 2.05) is 23.7 Å². The van der Waals surface area contributed by atoms with Crippen LogP contribution in [-0.4, -0.2) is 29.0 Å². The van der Waals surface area contributed by atoms with Gasteiger partial charge < -0.3 is 19.4 Å². The van der Waals surface area contributed by atoms with Gasteiger partial charge in [-0.2, -0.15) is 0 Å². The summed E-state index contributed by atoms with van der Waals surface area (Å²) in [5, 5.41) is 11.4. The second-order valence-corrected chi connectivity index (χ2v) is 5.56. The van der Waals surface area contributed by atoms with Gasteiger partial charge in [0.2, 0.25) is 0 Å². The molecular formula is C14H19BrN4O2. The molecule has 2 aromatic rings. The summed E-state index contributed by atoms with van der Waals surface area (Å²) in [4.78, 5) is 0. The quantitative estimate of drug-likeness (QED) is 0.863. The van der Waals surface area contributed by atoms with Crippen molar-refractivity contribution in [2.24, 2.45) is 7.05 Å². The molecule has 0 aliphatic carbocycles. The third kappa shape index (κ3) is 3.54. The molecule has 1 atom stereocenters. The molecule has 0 saturated heterocycles. The van der Waals surface area contributed by atoms with E-state index >= 15 is 0 Å². The Bertz CT molecular complexity index is 615. The first-order chi connectivity index (χ1) is 10.1. The van der Waals surface area contributed by atoms with Crippen LogP contribution in [0.4, 0.5) is 0 Å². The zero-order valence-corrected chi connectivity index (χ0v) is 14.1. The summed E-state index contributed by atoms with van der Waals surface area (Å²) >= 11 is 3.56. The van der Waals surface area contributed by atoms with Crippen molar-refractivity contribution in [3.63, 3.8) is 0 Å². The molecule has 0 amide bonds. The van der Waals surface area contributed by atoms with Crippen molar-refractivity contribution in [2.45, 2.75) is 19.5 Å². The molecule has 1 N–H and O–H groups in total. The molecule has 114 valence electrons. The fourth-order valence-electron chi connectivity index (χ4n) is 2.07. The van der Waals surface area contributed by atoms with Gasteiger partial charge in [-0.05, 0) is 24.6 Å².